The standard InChI is InChI=1S/C38H14B2F20S2/c41-19-15(20(42)28(50)35(57)27(19)49)39(16-21(43)29(51)36(58)30(52)22(16)44)12-62(14-9-5-2-6-10-14)40(11-61(39)13-7-3-1-4-8-13,17-23(45)31(53)37(59)32(54)24(17)46)18-25(47)33(55)38(60)34(56)26(18)48/h1-10H,11-12H2. The third-order valence-corrected chi connectivity index (χ3v) is 17.8. The Morgan fingerprint density at radius 1 is 0.242 bits per heavy atom. The molecule has 6 aromatic rings. The molecule has 324 valence electrons. The van der Waals surface area contributed by atoms with Gasteiger partial charge in [-0.3, -0.25) is 0 Å². The van der Waals surface area contributed by atoms with Crippen LogP contribution >= 0.6 is 0 Å². The molecular formula is C38H14B2F20S2. The highest BCUT2D eigenvalue weighted by Gasteiger charge is 2.69. The van der Waals surface area contributed by atoms with Gasteiger partial charge >= 0.3 is 10.8 Å². The molecule has 2 unspecified atom stereocenters. The Balaban J connectivity index is 1.86. The lowest BCUT2D eigenvalue weighted by molar-refractivity contribution is 0.381. The fourth-order valence-corrected chi connectivity index (χ4v) is 17.0. The summed E-state index contributed by atoms with van der Waals surface area (Å²) in [6.45, 7) is 0. The van der Waals surface area contributed by atoms with Gasteiger partial charge in [-0.2, -0.15) is 0 Å². The molecule has 2 atom stereocenters. The number of hydrogen-bond acceptors (Lipinski definition) is 0. The first kappa shape index (κ1) is 44.8. The lowest BCUT2D eigenvalue weighted by Gasteiger charge is -2.54. The second-order valence-electron chi connectivity index (χ2n) is 13.7. The molecule has 0 spiro atoms. The number of benzene rings is 6. The van der Waals surface area contributed by atoms with Crippen molar-refractivity contribution in [3.8, 4) is 0 Å². The van der Waals surface area contributed by atoms with E-state index in [1.807, 2.05) is 0 Å². The Morgan fingerprint density at radius 3 is 0.581 bits per heavy atom. The average Bonchev–Trinajstić information content (AvgIpc) is 3.27. The summed E-state index contributed by atoms with van der Waals surface area (Å²) < 4.78 is 315. The van der Waals surface area contributed by atoms with Crippen molar-refractivity contribution in [2.75, 3.05) is 11.3 Å². The molecule has 7 rings (SSSR count). The largest absolute Gasteiger partial charge is 0.332 e. The highest BCUT2D eigenvalue weighted by molar-refractivity contribution is 8.42. The highest BCUT2D eigenvalue weighted by Crippen LogP contribution is 2.45. The first-order valence-corrected chi connectivity index (χ1v) is 19.9. The molecule has 0 aromatic heterocycles. The molecule has 0 radical (unpaired) electrons. The minimum atomic E-state index is -5.26. The molecule has 1 aliphatic rings. The van der Waals surface area contributed by atoms with Gasteiger partial charge in [0, 0.05) is 11.3 Å². The van der Waals surface area contributed by atoms with Crippen LogP contribution in [0.5, 0.6) is 0 Å². The molecule has 1 fully saturated rings. The van der Waals surface area contributed by atoms with Gasteiger partial charge in [-0.15, -0.1) is 0 Å². The topological polar surface area (TPSA) is 0 Å². The van der Waals surface area contributed by atoms with E-state index in [0.717, 1.165) is 60.7 Å². The summed E-state index contributed by atoms with van der Waals surface area (Å²) in [5, 5.41) is 0. The summed E-state index contributed by atoms with van der Waals surface area (Å²) in [7, 11) is -6.89. The molecule has 0 N–H and O–H groups in total. The van der Waals surface area contributed by atoms with Crippen molar-refractivity contribution in [2.45, 2.75) is 9.79 Å². The van der Waals surface area contributed by atoms with Crippen molar-refractivity contribution in [2.24, 2.45) is 0 Å². The number of hydrogen-bond donors (Lipinski definition) is 0. The monoisotopic (exact) mass is 936 g/mol. The fraction of sp³-hybridized carbons (Fsp3) is 0.0526. The lowest BCUT2D eigenvalue weighted by atomic mass is 9.37. The Kier molecular flexibility index (Phi) is 11.4. The maximum Gasteiger partial charge on any atom is 0.332 e. The molecule has 0 nitrogen and oxygen atoms in total. The van der Waals surface area contributed by atoms with E-state index in [2.05, 4.69) is 0 Å². The summed E-state index contributed by atoms with van der Waals surface area (Å²) in [5.74, 6) is -59.6. The van der Waals surface area contributed by atoms with Gasteiger partial charge in [0.2, 0.25) is 0 Å². The molecule has 0 bridgehead atoms. The van der Waals surface area contributed by atoms with Crippen molar-refractivity contribution in [3.63, 3.8) is 0 Å². The van der Waals surface area contributed by atoms with Crippen molar-refractivity contribution in [1.82, 2.24) is 0 Å². The highest BCUT2D eigenvalue weighted by atomic mass is 32.2. The van der Waals surface area contributed by atoms with Gasteiger partial charge in [0.05, 0.1) is 0 Å². The van der Waals surface area contributed by atoms with Crippen LogP contribution in [-0.2, 0) is 21.5 Å². The predicted octanol–water partition coefficient (Wildman–Crippen LogP) is 8.74. The zero-order valence-corrected chi connectivity index (χ0v) is 31.4. The smallest absolute Gasteiger partial charge is 0.207 e. The maximum absolute atomic E-state index is 16.6. The van der Waals surface area contributed by atoms with Crippen LogP contribution in [0.15, 0.2) is 70.5 Å². The second kappa shape index (κ2) is 15.8. The number of rotatable bonds is 6. The SMILES string of the molecule is Fc1c(F)c(F)c([B-]2(c3c(F)c(F)c(F)c(F)c3F)C[S+](c3ccccc3)[B-](c3c(F)c(F)c(F)c(F)c3F)(c3c(F)c(F)c(F)c(F)c3F)C[S+]2c2ccccc2)c(F)c1F. The molecule has 1 heterocycles. The third kappa shape index (κ3) is 6.12. The van der Waals surface area contributed by atoms with Gasteiger partial charge < -0.3 is 0 Å². The van der Waals surface area contributed by atoms with Gasteiger partial charge in [0.25, 0.3) is 0 Å². The lowest BCUT2D eigenvalue weighted by Crippen LogP contribution is -2.85. The van der Waals surface area contributed by atoms with Gasteiger partial charge in [0.1, 0.15) is 56.3 Å². The van der Waals surface area contributed by atoms with Crippen LogP contribution in [0.25, 0.3) is 0 Å². The first-order chi connectivity index (χ1) is 29.1. The molecule has 1 aliphatic heterocycles. The summed E-state index contributed by atoms with van der Waals surface area (Å²) in [5.41, 5.74) is -24.3. The number of halogens is 20. The van der Waals surface area contributed by atoms with Crippen molar-refractivity contribution in [1.29, 1.82) is 0 Å². The van der Waals surface area contributed by atoms with E-state index in [0.29, 0.717) is 0 Å². The van der Waals surface area contributed by atoms with Crippen molar-refractivity contribution < 1.29 is 87.8 Å². The van der Waals surface area contributed by atoms with Crippen LogP contribution in [0.3, 0.4) is 0 Å². The maximum atomic E-state index is 16.6. The first-order valence-electron chi connectivity index (χ1n) is 17.0. The Hall–Kier alpha value is -5.25. The average molecular weight is 936 g/mol. The fourth-order valence-electron chi connectivity index (χ4n) is 8.16. The minimum Gasteiger partial charge on any atom is -0.207 e. The van der Waals surface area contributed by atoms with E-state index >= 15 is 70.2 Å². The molecule has 6 aromatic carbocycles. The van der Waals surface area contributed by atoms with Crippen LogP contribution in [0.2, 0.25) is 0 Å². The van der Waals surface area contributed by atoms with E-state index in [1.54, 1.807) is 0 Å². The van der Waals surface area contributed by atoms with Crippen molar-refractivity contribution >= 4 is 54.2 Å². The molecule has 1 saturated heterocycles. The third-order valence-electron chi connectivity index (χ3n) is 10.7. The minimum absolute atomic E-state index is 0.724. The van der Waals surface area contributed by atoms with Gasteiger partial charge in [-0.1, -0.05) is 58.2 Å². The summed E-state index contributed by atoms with van der Waals surface area (Å²) in [6.07, 6.45) is 0. The van der Waals surface area contributed by atoms with Crippen LogP contribution in [0, 0.1) is 116 Å². The van der Waals surface area contributed by atoms with E-state index in [4.69, 9.17) is 0 Å². The summed E-state index contributed by atoms with van der Waals surface area (Å²) in [6, 6.07) is 8.72. The van der Waals surface area contributed by atoms with Gasteiger partial charge in [-0.25, -0.2) is 109 Å². The Labute approximate surface area is 339 Å². The Bertz CT molecular complexity index is 2400. The quantitative estimate of drug-likeness (QED) is 0.0516. The zero-order chi connectivity index (χ0) is 45.7. The van der Waals surface area contributed by atoms with Crippen molar-refractivity contribution in [3.05, 3.63) is 177 Å². The van der Waals surface area contributed by atoms with Gasteiger partial charge in [0.15, 0.2) is 69.8 Å². The normalized spacial score (nSPS) is 17.2. The molecule has 62 heavy (non-hydrogen) atoms. The molecule has 24 heteroatoms. The van der Waals surface area contributed by atoms with Crippen LogP contribution < -0.4 is 21.9 Å². The second-order valence-corrected chi connectivity index (χ2v) is 18.6. The molecule has 0 aliphatic carbocycles. The van der Waals surface area contributed by atoms with E-state index in [9.17, 15) is 17.6 Å². The van der Waals surface area contributed by atoms with Crippen LogP contribution in [-0.4, -0.2) is 22.2 Å². The van der Waals surface area contributed by atoms with Crippen LogP contribution in [0.1, 0.15) is 0 Å². The summed E-state index contributed by atoms with van der Waals surface area (Å²) in [4.78, 5) is -1.67. The zero-order valence-electron chi connectivity index (χ0n) is 29.7. The molecule has 0 saturated carbocycles. The van der Waals surface area contributed by atoms with Gasteiger partial charge in [-0.05, 0) is 24.3 Å². The van der Waals surface area contributed by atoms with E-state index < -0.39 is 192 Å². The summed E-state index contributed by atoms with van der Waals surface area (Å²) >= 11 is 0. The predicted molar refractivity (Wildman–Crippen MR) is 189 cm³/mol. The van der Waals surface area contributed by atoms with E-state index in [-0.39, 0.29) is 0 Å². The van der Waals surface area contributed by atoms with E-state index in [1.165, 1.54) is 0 Å². The Morgan fingerprint density at radius 2 is 0.403 bits per heavy atom. The molecular weight excluding hydrogens is 922 g/mol. The van der Waals surface area contributed by atoms with Crippen LogP contribution in [0.4, 0.5) is 87.8 Å². The molecule has 0 amide bonds.